The predicted octanol–water partition coefficient (Wildman–Crippen LogP) is 5.75. The third-order valence-corrected chi connectivity index (χ3v) is 11.8. The minimum Gasteiger partial charge on any atom is -0.481 e. The third-order valence-electron chi connectivity index (χ3n) is 11.8. The van der Waals surface area contributed by atoms with Gasteiger partial charge in [-0.25, -0.2) is 0 Å². The Morgan fingerprint density at radius 2 is 1.66 bits per heavy atom. The fraction of sp³-hybridized carbons (Fsp3) is 0.964. The van der Waals surface area contributed by atoms with Crippen LogP contribution in [0, 0.1) is 58.2 Å². The molecule has 4 fully saturated rings. The molecule has 0 aromatic carbocycles. The number of fused-ring (bicyclic) bond motifs is 5. The topological polar surface area (TPSA) is 77.8 Å². The van der Waals surface area contributed by atoms with Crippen LogP contribution in [0.4, 0.5) is 0 Å². The number of aliphatic carboxylic acids is 1. The maximum atomic E-state index is 12.7. The molecule has 0 aromatic rings. The summed E-state index contributed by atoms with van der Waals surface area (Å²) in [5.41, 5.74) is -1.50. The number of aliphatic hydroxyl groups is 2. The van der Waals surface area contributed by atoms with Crippen molar-refractivity contribution in [3.05, 3.63) is 0 Å². The highest BCUT2D eigenvalue weighted by molar-refractivity contribution is 5.73. The molecule has 0 heterocycles. The summed E-state index contributed by atoms with van der Waals surface area (Å²) in [7, 11) is 0. The number of carboxylic acid groups (broad SMARTS) is 1. The zero-order chi connectivity index (χ0) is 23.6. The van der Waals surface area contributed by atoms with Crippen molar-refractivity contribution in [1.29, 1.82) is 0 Å². The molecule has 4 aliphatic rings. The molecule has 4 heteroatoms. The zero-order valence-corrected chi connectivity index (χ0v) is 21.3. The van der Waals surface area contributed by atoms with Crippen molar-refractivity contribution >= 4 is 5.97 Å². The molecule has 0 aromatic heterocycles. The lowest BCUT2D eigenvalue weighted by Crippen LogP contribution is -2.55. The quantitative estimate of drug-likeness (QED) is 0.483. The summed E-state index contributed by atoms with van der Waals surface area (Å²) in [6.45, 7) is 14.0. The van der Waals surface area contributed by atoms with Crippen molar-refractivity contribution in [3.63, 3.8) is 0 Å². The van der Waals surface area contributed by atoms with Crippen LogP contribution in [-0.4, -0.2) is 33.0 Å². The lowest BCUT2D eigenvalue weighted by molar-refractivity contribution is -0.175. The number of carbonyl (C=O) groups is 1. The molecule has 32 heavy (non-hydrogen) atoms. The highest BCUT2D eigenvalue weighted by Gasteiger charge is 2.74. The molecule has 0 saturated heterocycles. The van der Waals surface area contributed by atoms with Gasteiger partial charge in [0, 0.05) is 11.8 Å². The first kappa shape index (κ1) is 24.5. The number of rotatable bonds is 6. The van der Waals surface area contributed by atoms with Crippen molar-refractivity contribution in [2.45, 2.75) is 111 Å². The Bertz CT molecular complexity index is 720. The van der Waals surface area contributed by atoms with E-state index in [0.717, 1.165) is 37.5 Å². The maximum absolute atomic E-state index is 12.7. The van der Waals surface area contributed by atoms with E-state index in [0.29, 0.717) is 24.2 Å². The molecule has 11 atom stereocenters. The van der Waals surface area contributed by atoms with Crippen LogP contribution >= 0.6 is 0 Å². The van der Waals surface area contributed by atoms with Crippen LogP contribution in [0.1, 0.15) is 99.3 Å². The Kier molecular flexibility index (Phi) is 6.32. The van der Waals surface area contributed by atoms with Gasteiger partial charge < -0.3 is 15.3 Å². The van der Waals surface area contributed by atoms with E-state index in [1.807, 2.05) is 0 Å². The molecule has 4 aliphatic carbocycles. The van der Waals surface area contributed by atoms with Gasteiger partial charge >= 0.3 is 5.97 Å². The van der Waals surface area contributed by atoms with E-state index < -0.39 is 29.0 Å². The molecule has 0 aliphatic heterocycles. The van der Waals surface area contributed by atoms with Crippen molar-refractivity contribution in [2.75, 3.05) is 0 Å². The Balaban J connectivity index is 1.61. The van der Waals surface area contributed by atoms with Crippen LogP contribution < -0.4 is 0 Å². The summed E-state index contributed by atoms with van der Waals surface area (Å²) < 4.78 is 0. The highest BCUT2D eigenvalue weighted by Crippen LogP contribution is 2.73. The molecule has 0 amide bonds. The molecule has 0 bridgehead atoms. The van der Waals surface area contributed by atoms with Gasteiger partial charge in [0.2, 0.25) is 0 Å². The van der Waals surface area contributed by atoms with Crippen molar-refractivity contribution in [1.82, 2.24) is 0 Å². The molecule has 184 valence electrons. The highest BCUT2D eigenvalue weighted by atomic mass is 16.4. The van der Waals surface area contributed by atoms with Crippen molar-refractivity contribution in [2.24, 2.45) is 58.2 Å². The van der Waals surface area contributed by atoms with Crippen LogP contribution in [0.3, 0.4) is 0 Å². The molecule has 11 unspecified atom stereocenters. The Hall–Kier alpha value is -0.610. The minimum absolute atomic E-state index is 0.0401. The van der Waals surface area contributed by atoms with Crippen LogP contribution in [0.2, 0.25) is 0 Å². The summed E-state index contributed by atoms with van der Waals surface area (Å²) in [5, 5.41) is 32.7. The number of hydrogen-bond acceptors (Lipinski definition) is 3. The monoisotopic (exact) mass is 448 g/mol. The fourth-order valence-electron chi connectivity index (χ4n) is 9.49. The van der Waals surface area contributed by atoms with E-state index in [2.05, 4.69) is 41.5 Å². The van der Waals surface area contributed by atoms with E-state index in [1.165, 1.54) is 19.3 Å². The van der Waals surface area contributed by atoms with E-state index in [1.54, 1.807) is 0 Å². The second-order valence-corrected chi connectivity index (χ2v) is 13.3. The standard InChI is InChI=1S/C28H48O4/c1-16(2)17(3)7-8-18(4)20-9-10-21-23-22(12-13-26(20,21)5)27(6)14-11-19(29)15-28(27,32)24(23)25(30)31/h16-24,29,32H,7-15H2,1-6H3,(H,30,31). The van der Waals surface area contributed by atoms with Gasteiger partial charge in [-0.1, -0.05) is 54.4 Å². The lowest BCUT2D eigenvalue weighted by Gasteiger charge is -2.52. The summed E-state index contributed by atoms with van der Waals surface area (Å²) in [4.78, 5) is 12.7. The first-order valence-corrected chi connectivity index (χ1v) is 13.5. The molecule has 4 nitrogen and oxygen atoms in total. The summed E-state index contributed by atoms with van der Waals surface area (Å²) in [6.07, 6.45) is 8.10. The molecule has 4 rings (SSSR count). The SMILES string of the molecule is CC(C)C(C)CCC(C)C1CCC2C3C(CCC12C)C1(C)CCC(O)CC1(O)C3C(=O)O. The van der Waals surface area contributed by atoms with Crippen LogP contribution in [0.25, 0.3) is 0 Å². The Morgan fingerprint density at radius 3 is 2.28 bits per heavy atom. The van der Waals surface area contributed by atoms with Crippen molar-refractivity contribution in [3.8, 4) is 0 Å². The first-order chi connectivity index (χ1) is 14.9. The van der Waals surface area contributed by atoms with E-state index in [-0.39, 0.29) is 23.7 Å². The summed E-state index contributed by atoms with van der Waals surface area (Å²) in [6, 6.07) is 0. The lowest BCUT2D eigenvalue weighted by atomic mass is 9.53. The van der Waals surface area contributed by atoms with Gasteiger partial charge in [-0.05, 0) is 85.4 Å². The number of aliphatic hydroxyl groups excluding tert-OH is 1. The molecule has 0 radical (unpaired) electrons. The van der Waals surface area contributed by atoms with E-state index >= 15 is 0 Å². The largest absolute Gasteiger partial charge is 0.481 e. The van der Waals surface area contributed by atoms with Gasteiger partial charge in [0.25, 0.3) is 0 Å². The van der Waals surface area contributed by atoms with Gasteiger partial charge in [0.05, 0.1) is 17.6 Å². The third kappa shape index (κ3) is 3.41. The normalized spacial score (nSPS) is 49.9. The van der Waals surface area contributed by atoms with Crippen molar-refractivity contribution < 1.29 is 20.1 Å². The first-order valence-electron chi connectivity index (χ1n) is 13.5. The predicted molar refractivity (Wildman–Crippen MR) is 127 cm³/mol. The van der Waals surface area contributed by atoms with Gasteiger partial charge in [0.15, 0.2) is 0 Å². The maximum Gasteiger partial charge on any atom is 0.309 e. The molecular weight excluding hydrogens is 400 g/mol. The van der Waals surface area contributed by atoms with Gasteiger partial charge in [-0.15, -0.1) is 0 Å². The second-order valence-electron chi connectivity index (χ2n) is 13.3. The Labute approximate surface area is 195 Å². The smallest absolute Gasteiger partial charge is 0.309 e. The van der Waals surface area contributed by atoms with Crippen LogP contribution in [-0.2, 0) is 4.79 Å². The molecule has 3 N–H and O–H groups in total. The summed E-state index contributed by atoms with van der Waals surface area (Å²) in [5.74, 6) is 1.87. The van der Waals surface area contributed by atoms with Crippen LogP contribution in [0.15, 0.2) is 0 Å². The summed E-state index contributed by atoms with van der Waals surface area (Å²) >= 11 is 0. The van der Waals surface area contributed by atoms with Gasteiger partial charge in [-0.3, -0.25) is 4.79 Å². The van der Waals surface area contributed by atoms with Gasteiger partial charge in [-0.2, -0.15) is 0 Å². The van der Waals surface area contributed by atoms with Gasteiger partial charge in [0.1, 0.15) is 0 Å². The average molecular weight is 449 g/mol. The fourth-order valence-corrected chi connectivity index (χ4v) is 9.49. The zero-order valence-electron chi connectivity index (χ0n) is 21.3. The van der Waals surface area contributed by atoms with E-state index in [9.17, 15) is 20.1 Å². The average Bonchev–Trinajstić information content (AvgIpc) is 3.15. The molecular formula is C28H48O4. The number of hydrogen-bond donors (Lipinski definition) is 3. The van der Waals surface area contributed by atoms with Crippen LogP contribution in [0.5, 0.6) is 0 Å². The number of carboxylic acids is 1. The van der Waals surface area contributed by atoms with E-state index in [4.69, 9.17) is 0 Å². The molecule has 0 spiro atoms. The molecule has 4 saturated carbocycles. The Morgan fingerprint density at radius 1 is 0.969 bits per heavy atom. The second kappa shape index (κ2) is 8.26. The minimum atomic E-state index is -1.28.